The first kappa shape index (κ1) is 12.7. The van der Waals surface area contributed by atoms with Gasteiger partial charge in [-0.3, -0.25) is 4.79 Å². The van der Waals surface area contributed by atoms with Crippen LogP contribution in [0.5, 0.6) is 0 Å². The topological polar surface area (TPSA) is 68.3 Å². The third-order valence-corrected chi connectivity index (χ3v) is 2.38. The van der Waals surface area contributed by atoms with E-state index in [2.05, 4.69) is 5.32 Å². The minimum atomic E-state index is -0.114. The Labute approximate surface area is 100 Å². The Morgan fingerprint density at radius 2 is 2.25 bits per heavy atom. The predicted octanol–water partition coefficient (Wildman–Crippen LogP) is 1.69. The number of aryl methyl sites for hydroxylation is 2. The fourth-order valence-electron chi connectivity index (χ4n) is 1.42. The van der Waals surface area contributed by atoms with E-state index in [0.29, 0.717) is 29.3 Å². The summed E-state index contributed by atoms with van der Waals surface area (Å²) in [6.45, 7) is 4.16. The number of carbonyl (C=O) groups is 1. The molecule has 4 nitrogen and oxygen atoms in total. The molecule has 0 spiro atoms. The Hall–Kier alpha value is -1.36. The maximum Gasteiger partial charge on any atom is 0.254 e. The SMILES string of the molecule is Cc1cc(C(=O)NCCCC(N)=S)c(C)o1. The highest BCUT2D eigenvalue weighted by Crippen LogP contribution is 2.13. The van der Waals surface area contributed by atoms with Gasteiger partial charge in [-0.25, -0.2) is 0 Å². The second-order valence-electron chi connectivity index (χ2n) is 3.65. The molecule has 16 heavy (non-hydrogen) atoms. The van der Waals surface area contributed by atoms with Gasteiger partial charge in [-0.2, -0.15) is 0 Å². The second-order valence-corrected chi connectivity index (χ2v) is 4.18. The highest BCUT2D eigenvalue weighted by molar-refractivity contribution is 7.80. The molecule has 0 bridgehead atoms. The van der Waals surface area contributed by atoms with Crippen LogP contribution in [0.1, 0.15) is 34.7 Å². The molecule has 1 rings (SSSR count). The molecule has 88 valence electrons. The standard InChI is InChI=1S/C11H16N2O2S/c1-7-6-9(8(2)15-7)11(14)13-5-3-4-10(12)16/h6H,3-5H2,1-2H3,(H2,12,16)(H,13,14). The third-order valence-electron chi connectivity index (χ3n) is 2.17. The van der Waals surface area contributed by atoms with Crippen LogP contribution < -0.4 is 11.1 Å². The number of furan rings is 1. The Morgan fingerprint density at radius 3 is 2.75 bits per heavy atom. The molecular weight excluding hydrogens is 224 g/mol. The van der Waals surface area contributed by atoms with E-state index in [9.17, 15) is 4.79 Å². The number of hydrogen-bond acceptors (Lipinski definition) is 3. The van der Waals surface area contributed by atoms with E-state index in [1.807, 2.05) is 6.92 Å². The lowest BCUT2D eigenvalue weighted by Gasteiger charge is -2.03. The van der Waals surface area contributed by atoms with Crippen LogP contribution in [0.15, 0.2) is 10.5 Å². The van der Waals surface area contributed by atoms with Crippen LogP contribution in [0.2, 0.25) is 0 Å². The zero-order chi connectivity index (χ0) is 12.1. The van der Waals surface area contributed by atoms with Gasteiger partial charge >= 0.3 is 0 Å². The number of nitrogens with one attached hydrogen (secondary N) is 1. The van der Waals surface area contributed by atoms with Crippen molar-refractivity contribution < 1.29 is 9.21 Å². The van der Waals surface area contributed by atoms with E-state index in [-0.39, 0.29) is 5.91 Å². The van der Waals surface area contributed by atoms with Gasteiger partial charge in [0.1, 0.15) is 11.5 Å². The lowest BCUT2D eigenvalue weighted by Crippen LogP contribution is -2.25. The van der Waals surface area contributed by atoms with Crippen LogP contribution in [-0.4, -0.2) is 17.4 Å². The average molecular weight is 240 g/mol. The summed E-state index contributed by atoms with van der Waals surface area (Å²) in [5.41, 5.74) is 5.94. The second kappa shape index (κ2) is 5.65. The van der Waals surface area contributed by atoms with Gasteiger partial charge in [0, 0.05) is 6.54 Å². The van der Waals surface area contributed by atoms with Crippen molar-refractivity contribution in [3.8, 4) is 0 Å². The smallest absolute Gasteiger partial charge is 0.254 e. The number of nitrogens with two attached hydrogens (primary N) is 1. The molecule has 5 heteroatoms. The molecule has 1 amide bonds. The number of rotatable bonds is 5. The first-order chi connectivity index (χ1) is 7.50. The molecule has 1 heterocycles. The van der Waals surface area contributed by atoms with Crippen molar-refractivity contribution in [2.75, 3.05) is 6.54 Å². The van der Waals surface area contributed by atoms with Crippen molar-refractivity contribution in [1.82, 2.24) is 5.32 Å². The summed E-state index contributed by atoms with van der Waals surface area (Å²) >= 11 is 4.74. The van der Waals surface area contributed by atoms with Crippen LogP contribution in [-0.2, 0) is 0 Å². The zero-order valence-corrected chi connectivity index (χ0v) is 10.3. The summed E-state index contributed by atoms with van der Waals surface area (Å²) in [4.78, 5) is 12.2. The molecule has 0 aromatic carbocycles. The Kier molecular flexibility index (Phi) is 4.49. The molecule has 0 radical (unpaired) electrons. The van der Waals surface area contributed by atoms with E-state index in [0.717, 1.165) is 12.2 Å². The molecule has 0 aliphatic heterocycles. The molecule has 0 saturated heterocycles. The first-order valence-electron chi connectivity index (χ1n) is 5.14. The van der Waals surface area contributed by atoms with Gasteiger partial charge in [-0.15, -0.1) is 0 Å². The summed E-state index contributed by atoms with van der Waals surface area (Å²) in [7, 11) is 0. The van der Waals surface area contributed by atoms with Crippen LogP contribution in [0.25, 0.3) is 0 Å². The van der Waals surface area contributed by atoms with E-state index in [1.54, 1.807) is 13.0 Å². The lowest BCUT2D eigenvalue weighted by atomic mass is 10.2. The minimum absolute atomic E-state index is 0.114. The van der Waals surface area contributed by atoms with E-state index < -0.39 is 0 Å². The Balaban J connectivity index is 2.41. The quantitative estimate of drug-likeness (QED) is 0.607. The number of carbonyl (C=O) groups excluding carboxylic acids is 1. The molecule has 0 aliphatic carbocycles. The monoisotopic (exact) mass is 240 g/mol. The molecule has 0 aliphatic rings. The zero-order valence-electron chi connectivity index (χ0n) is 9.50. The largest absolute Gasteiger partial charge is 0.466 e. The molecule has 0 saturated carbocycles. The van der Waals surface area contributed by atoms with Gasteiger partial charge in [-0.05, 0) is 32.8 Å². The van der Waals surface area contributed by atoms with Crippen molar-refractivity contribution in [3.05, 3.63) is 23.2 Å². The molecule has 0 atom stereocenters. The minimum Gasteiger partial charge on any atom is -0.466 e. The molecule has 3 N–H and O–H groups in total. The third kappa shape index (κ3) is 3.66. The fraction of sp³-hybridized carbons (Fsp3) is 0.455. The summed E-state index contributed by atoms with van der Waals surface area (Å²) in [6, 6.07) is 1.73. The van der Waals surface area contributed by atoms with Crippen molar-refractivity contribution in [2.24, 2.45) is 5.73 Å². The number of amides is 1. The van der Waals surface area contributed by atoms with Crippen molar-refractivity contribution in [1.29, 1.82) is 0 Å². The number of hydrogen-bond donors (Lipinski definition) is 2. The van der Waals surface area contributed by atoms with Crippen LogP contribution in [0.4, 0.5) is 0 Å². The van der Waals surface area contributed by atoms with Gasteiger partial charge in [0.25, 0.3) is 5.91 Å². The summed E-state index contributed by atoms with van der Waals surface area (Å²) in [6.07, 6.45) is 1.41. The number of thiocarbonyl (C=S) groups is 1. The van der Waals surface area contributed by atoms with Crippen LogP contribution >= 0.6 is 12.2 Å². The first-order valence-corrected chi connectivity index (χ1v) is 5.55. The average Bonchev–Trinajstić information content (AvgIpc) is 2.52. The van der Waals surface area contributed by atoms with Gasteiger partial charge in [0.05, 0.1) is 10.6 Å². The molecule has 1 aromatic rings. The van der Waals surface area contributed by atoms with Crippen molar-refractivity contribution in [2.45, 2.75) is 26.7 Å². The van der Waals surface area contributed by atoms with Gasteiger partial charge < -0.3 is 15.5 Å². The van der Waals surface area contributed by atoms with E-state index in [1.165, 1.54) is 0 Å². The normalized spacial score (nSPS) is 10.1. The fourth-order valence-corrected chi connectivity index (χ4v) is 1.56. The van der Waals surface area contributed by atoms with E-state index in [4.69, 9.17) is 22.4 Å². The Bertz CT molecular complexity index is 399. The van der Waals surface area contributed by atoms with Gasteiger partial charge in [0.15, 0.2) is 0 Å². The molecular formula is C11H16N2O2S. The maximum atomic E-state index is 11.7. The van der Waals surface area contributed by atoms with E-state index >= 15 is 0 Å². The maximum absolute atomic E-state index is 11.7. The lowest BCUT2D eigenvalue weighted by molar-refractivity contribution is 0.0952. The molecule has 0 fully saturated rings. The Morgan fingerprint density at radius 1 is 1.56 bits per heavy atom. The van der Waals surface area contributed by atoms with Gasteiger partial charge in [0.2, 0.25) is 0 Å². The molecule has 1 aromatic heterocycles. The van der Waals surface area contributed by atoms with Crippen molar-refractivity contribution in [3.63, 3.8) is 0 Å². The summed E-state index contributed by atoms with van der Waals surface area (Å²) < 4.78 is 5.28. The van der Waals surface area contributed by atoms with Crippen molar-refractivity contribution >= 4 is 23.1 Å². The highest BCUT2D eigenvalue weighted by Gasteiger charge is 2.12. The van der Waals surface area contributed by atoms with Crippen LogP contribution in [0, 0.1) is 13.8 Å². The predicted molar refractivity (Wildman–Crippen MR) is 66.5 cm³/mol. The van der Waals surface area contributed by atoms with Crippen LogP contribution in [0.3, 0.4) is 0 Å². The molecule has 0 unspecified atom stereocenters. The summed E-state index contributed by atoms with van der Waals surface area (Å²) in [5, 5.41) is 2.79. The highest BCUT2D eigenvalue weighted by atomic mass is 32.1. The summed E-state index contributed by atoms with van der Waals surface area (Å²) in [5.74, 6) is 1.27. The van der Waals surface area contributed by atoms with Gasteiger partial charge in [-0.1, -0.05) is 12.2 Å².